The number of amides is 1. The second kappa shape index (κ2) is 6.75. The van der Waals surface area contributed by atoms with Crippen molar-refractivity contribution in [2.75, 3.05) is 0 Å². The Morgan fingerprint density at radius 3 is 2.67 bits per heavy atom. The summed E-state index contributed by atoms with van der Waals surface area (Å²) in [5.74, 6) is 0.397. The molecular weight excluding hydrogens is 300 g/mol. The van der Waals surface area contributed by atoms with E-state index < -0.39 is 0 Å². The number of aromatic nitrogens is 3. The van der Waals surface area contributed by atoms with Gasteiger partial charge in [0.2, 0.25) is 5.91 Å². The zero-order chi connectivity index (χ0) is 16.4. The molecule has 5 heteroatoms. The second-order valence-electron chi connectivity index (χ2n) is 6.96. The highest BCUT2D eigenvalue weighted by atomic mass is 16.1. The maximum atomic E-state index is 12.1. The molecule has 2 aliphatic rings. The van der Waals surface area contributed by atoms with Gasteiger partial charge < -0.3 is 5.32 Å². The number of carbonyl (C=O) groups excluding carboxylic acids is 1. The van der Waals surface area contributed by atoms with E-state index in [0.29, 0.717) is 12.6 Å². The van der Waals surface area contributed by atoms with E-state index >= 15 is 0 Å². The molecule has 126 valence electrons. The van der Waals surface area contributed by atoms with Crippen LogP contribution in [0.5, 0.6) is 0 Å². The number of nitrogens with one attached hydrogen (secondary N) is 1. The Morgan fingerprint density at radius 2 is 2.00 bits per heavy atom. The number of hydrogen-bond acceptors (Lipinski definition) is 3. The number of rotatable bonds is 5. The summed E-state index contributed by atoms with van der Waals surface area (Å²) in [6.45, 7) is 0.509. The van der Waals surface area contributed by atoms with Gasteiger partial charge in [0.1, 0.15) is 0 Å². The Morgan fingerprint density at radius 1 is 1.17 bits per heavy atom. The van der Waals surface area contributed by atoms with E-state index in [2.05, 4.69) is 21.0 Å². The van der Waals surface area contributed by atoms with Gasteiger partial charge in [0.05, 0.1) is 29.7 Å². The largest absolute Gasteiger partial charge is 0.350 e. The van der Waals surface area contributed by atoms with Gasteiger partial charge in [-0.1, -0.05) is 25.3 Å². The van der Waals surface area contributed by atoms with E-state index in [1.807, 2.05) is 24.4 Å². The summed E-state index contributed by atoms with van der Waals surface area (Å²) in [6, 6.07) is 8.50. The Hall–Kier alpha value is -2.17. The lowest BCUT2D eigenvalue weighted by Gasteiger charge is -2.23. The molecule has 0 aromatic carbocycles. The molecular formula is C19H24N4O. The number of nitrogens with zero attached hydrogens (tertiary/aromatic N) is 3. The van der Waals surface area contributed by atoms with E-state index in [9.17, 15) is 4.79 Å². The van der Waals surface area contributed by atoms with Crippen molar-refractivity contribution in [2.45, 2.75) is 57.5 Å². The maximum Gasteiger partial charge on any atom is 0.223 e. The van der Waals surface area contributed by atoms with Crippen molar-refractivity contribution in [3.8, 4) is 11.4 Å². The molecule has 2 aliphatic carbocycles. The molecule has 1 N–H and O–H groups in total. The quantitative estimate of drug-likeness (QED) is 0.916. The topological polar surface area (TPSA) is 59.8 Å². The summed E-state index contributed by atoms with van der Waals surface area (Å²) in [7, 11) is 0. The monoisotopic (exact) mass is 324 g/mol. The first-order chi connectivity index (χ1) is 11.8. The normalized spacial score (nSPS) is 18.5. The highest BCUT2D eigenvalue weighted by Crippen LogP contribution is 2.33. The summed E-state index contributed by atoms with van der Waals surface area (Å²) in [5.41, 5.74) is 2.94. The highest BCUT2D eigenvalue weighted by molar-refractivity contribution is 5.79. The minimum atomic E-state index is 0.177. The molecule has 2 saturated carbocycles. The average molecular weight is 324 g/mol. The minimum absolute atomic E-state index is 0.177. The van der Waals surface area contributed by atoms with E-state index in [1.165, 1.54) is 32.1 Å². The molecule has 5 nitrogen and oxygen atoms in total. The van der Waals surface area contributed by atoms with Gasteiger partial charge in [-0.25, -0.2) is 0 Å². The van der Waals surface area contributed by atoms with Crippen LogP contribution in [0.25, 0.3) is 11.4 Å². The van der Waals surface area contributed by atoms with Crippen molar-refractivity contribution in [2.24, 2.45) is 5.92 Å². The fourth-order valence-corrected chi connectivity index (χ4v) is 3.66. The summed E-state index contributed by atoms with van der Waals surface area (Å²) in [4.78, 5) is 16.6. The van der Waals surface area contributed by atoms with Crippen LogP contribution in [-0.4, -0.2) is 20.7 Å². The third kappa shape index (κ3) is 3.07. The zero-order valence-electron chi connectivity index (χ0n) is 13.9. The second-order valence-corrected chi connectivity index (χ2v) is 6.96. The summed E-state index contributed by atoms with van der Waals surface area (Å²) in [5, 5.41) is 7.85. The van der Waals surface area contributed by atoms with Gasteiger partial charge in [-0.05, 0) is 43.9 Å². The van der Waals surface area contributed by atoms with E-state index in [1.54, 1.807) is 0 Å². The third-order valence-corrected chi connectivity index (χ3v) is 5.30. The third-order valence-electron chi connectivity index (χ3n) is 5.30. The summed E-state index contributed by atoms with van der Waals surface area (Å²) < 4.78 is 2.14. The van der Waals surface area contributed by atoms with Crippen molar-refractivity contribution >= 4 is 5.91 Å². The van der Waals surface area contributed by atoms with Crippen molar-refractivity contribution in [1.29, 1.82) is 0 Å². The fraction of sp³-hybridized carbons (Fsp3) is 0.526. The van der Waals surface area contributed by atoms with Crippen LogP contribution in [0.3, 0.4) is 0 Å². The number of hydrogen-bond donors (Lipinski definition) is 1. The Kier molecular flexibility index (Phi) is 4.32. The van der Waals surface area contributed by atoms with Crippen LogP contribution in [0, 0.1) is 5.92 Å². The summed E-state index contributed by atoms with van der Waals surface area (Å²) in [6.07, 6.45) is 9.94. The van der Waals surface area contributed by atoms with Crippen molar-refractivity contribution in [3.05, 3.63) is 36.2 Å². The smallest absolute Gasteiger partial charge is 0.223 e. The van der Waals surface area contributed by atoms with Gasteiger partial charge in [-0.15, -0.1) is 0 Å². The van der Waals surface area contributed by atoms with E-state index in [4.69, 9.17) is 5.10 Å². The van der Waals surface area contributed by atoms with Crippen molar-refractivity contribution in [1.82, 2.24) is 20.1 Å². The lowest BCUT2D eigenvalue weighted by atomic mass is 9.85. The Bertz CT molecular complexity index is 699. The SMILES string of the molecule is O=C(NCc1cc(-c2ccccn2)n(C2CCCC2)n1)C1CCC1. The molecule has 0 unspecified atom stereocenters. The molecule has 0 radical (unpaired) electrons. The van der Waals surface area contributed by atoms with Gasteiger partial charge in [0.15, 0.2) is 0 Å². The molecule has 1 amide bonds. The van der Waals surface area contributed by atoms with Gasteiger partial charge in [0, 0.05) is 12.1 Å². The molecule has 2 fully saturated rings. The molecule has 0 bridgehead atoms. The van der Waals surface area contributed by atoms with E-state index in [-0.39, 0.29) is 11.8 Å². The van der Waals surface area contributed by atoms with Crippen molar-refractivity contribution < 1.29 is 4.79 Å². The molecule has 2 aromatic rings. The molecule has 2 heterocycles. The van der Waals surface area contributed by atoms with Crippen LogP contribution in [0.2, 0.25) is 0 Å². The molecule has 0 spiro atoms. The van der Waals surface area contributed by atoms with Crippen LogP contribution in [0.4, 0.5) is 0 Å². The van der Waals surface area contributed by atoms with Crippen LogP contribution >= 0.6 is 0 Å². The zero-order valence-corrected chi connectivity index (χ0v) is 13.9. The predicted octanol–water partition coefficient (Wildman–Crippen LogP) is 3.48. The van der Waals surface area contributed by atoms with Gasteiger partial charge in [-0.2, -0.15) is 5.10 Å². The first-order valence-corrected chi connectivity index (χ1v) is 9.09. The molecule has 0 atom stereocenters. The van der Waals surface area contributed by atoms with Gasteiger partial charge >= 0.3 is 0 Å². The van der Waals surface area contributed by atoms with E-state index in [0.717, 1.165) is 29.9 Å². The van der Waals surface area contributed by atoms with Crippen LogP contribution in [-0.2, 0) is 11.3 Å². The molecule has 24 heavy (non-hydrogen) atoms. The Labute approximate surface area is 142 Å². The van der Waals surface area contributed by atoms with Crippen molar-refractivity contribution in [3.63, 3.8) is 0 Å². The molecule has 4 rings (SSSR count). The molecule has 0 aliphatic heterocycles. The maximum absolute atomic E-state index is 12.1. The van der Waals surface area contributed by atoms with Crippen LogP contribution in [0.15, 0.2) is 30.5 Å². The molecule has 2 aromatic heterocycles. The highest BCUT2D eigenvalue weighted by Gasteiger charge is 2.26. The predicted molar refractivity (Wildman–Crippen MR) is 92.2 cm³/mol. The Balaban J connectivity index is 1.55. The van der Waals surface area contributed by atoms with Gasteiger partial charge in [0.25, 0.3) is 0 Å². The van der Waals surface area contributed by atoms with Crippen LogP contribution in [0.1, 0.15) is 56.7 Å². The first kappa shape index (κ1) is 15.4. The standard InChI is InChI=1S/C19H24N4O/c24-19(14-6-5-7-14)21-13-15-12-18(17-10-3-4-11-20-17)23(22-15)16-8-1-2-9-16/h3-4,10-12,14,16H,1-2,5-9,13H2,(H,21,24). The number of pyridine rings is 1. The lowest BCUT2D eigenvalue weighted by Crippen LogP contribution is -2.34. The average Bonchev–Trinajstić information content (AvgIpc) is 3.21. The fourth-order valence-electron chi connectivity index (χ4n) is 3.66. The first-order valence-electron chi connectivity index (χ1n) is 9.09. The number of carbonyl (C=O) groups is 1. The summed E-state index contributed by atoms with van der Waals surface area (Å²) >= 11 is 0. The van der Waals surface area contributed by atoms with Gasteiger partial charge in [-0.3, -0.25) is 14.5 Å². The lowest BCUT2D eigenvalue weighted by molar-refractivity contribution is -0.127. The molecule has 0 saturated heterocycles. The minimum Gasteiger partial charge on any atom is -0.350 e. The van der Waals surface area contributed by atoms with Crippen LogP contribution < -0.4 is 5.32 Å².